The van der Waals surface area contributed by atoms with Crippen molar-refractivity contribution in [3.05, 3.63) is 0 Å². The van der Waals surface area contributed by atoms with Crippen LogP contribution in [-0.4, -0.2) is 4.43 Å². The molecule has 1 fully saturated rings. The molecule has 0 aliphatic heterocycles. The van der Waals surface area contributed by atoms with E-state index in [2.05, 4.69) is 29.5 Å². The monoisotopic (exact) mass is 224 g/mol. The van der Waals surface area contributed by atoms with Gasteiger partial charge in [-0.2, -0.15) is 0 Å². The lowest BCUT2D eigenvalue weighted by Gasteiger charge is -2.18. The molecule has 0 atom stereocenters. The Kier molecular flexibility index (Phi) is 2.18. The van der Waals surface area contributed by atoms with Gasteiger partial charge in [-0.05, 0) is 18.3 Å². The third kappa shape index (κ3) is 1.36. The molecule has 0 nitrogen and oxygen atoms in total. The largest absolute Gasteiger partial charge is 0.0858 e. The zero-order chi connectivity index (χ0) is 6.04. The van der Waals surface area contributed by atoms with E-state index < -0.39 is 0 Å². The summed E-state index contributed by atoms with van der Waals surface area (Å²) in [5.74, 6) is 0. The van der Waals surface area contributed by atoms with Gasteiger partial charge in [0.2, 0.25) is 0 Å². The highest BCUT2D eigenvalue weighted by Crippen LogP contribution is 2.38. The van der Waals surface area contributed by atoms with E-state index in [-0.39, 0.29) is 0 Å². The molecule has 0 amide bonds. The quantitative estimate of drug-likeness (QED) is 0.474. The fourth-order valence-electron chi connectivity index (χ4n) is 1.36. The van der Waals surface area contributed by atoms with Crippen molar-refractivity contribution in [2.45, 2.75) is 32.6 Å². The average molecular weight is 224 g/mol. The van der Waals surface area contributed by atoms with Crippen LogP contribution < -0.4 is 0 Å². The van der Waals surface area contributed by atoms with Gasteiger partial charge in [0.1, 0.15) is 0 Å². The zero-order valence-electron chi connectivity index (χ0n) is 5.41. The van der Waals surface area contributed by atoms with Crippen LogP contribution in [0, 0.1) is 5.41 Å². The molecule has 0 heterocycles. The summed E-state index contributed by atoms with van der Waals surface area (Å²) in [6.07, 6.45) is 5.88. The molecule has 48 valence electrons. The summed E-state index contributed by atoms with van der Waals surface area (Å²) in [5, 5.41) is 0. The minimum atomic E-state index is 0.723. The van der Waals surface area contributed by atoms with Crippen LogP contribution in [0.5, 0.6) is 0 Å². The molecular weight excluding hydrogens is 211 g/mol. The van der Waals surface area contributed by atoms with Gasteiger partial charge in [-0.15, -0.1) is 0 Å². The lowest BCUT2D eigenvalue weighted by molar-refractivity contribution is 0.399. The highest BCUT2D eigenvalue weighted by atomic mass is 127. The predicted molar refractivity (Wildman–Crippen MR) is 45.5 cm³/mol. The van der Waals surface area contributed by atoms with Crippen molar-refractivity contribution < 1.29 is 0 Å². The van der Waals surface area contributed by atoms with Crippen LogP contribution in [0.15, 0.2) is 0 Å². The molecule has 1 rings (SSSR count). The molecule has 0 bridgehead atoms. The second-order valence-electron chi connectivity index (χ2n) is 3.15. The Hall–Kier alpha value is 0.730. The lowest BCUT2D eigenvalue weighted by Crippen LogP contribution is -2.11. The van der Waals surface area contributed by atoms with E-state index in [4.69, 9.17) is 0 Å². The molecule has 1 saturated carbocycles. The Labute approximate surface area is 65.2 Å². The molecule has 0 spiro atoms. The fraction of sp³-hybridized carbons (Fsp3) is 1.00. The maximum absolute atomic E-state index is 2.51. The summed E-state index contributed by atoms with van der Waals surface area (Å²) in [6, 6.07) is 0. The molecule has 0 aromatic carbocycles. The molecule has 0 saturated heterocycles. The van der Waals surface area contributed by atoms with Gasteiger partial charge in [0.25, 0.3) is 0 Å². The first kappa shape index (κ1) is 6.84. The summed E-state index contributed by atoms with van der Waals surface area (Å²) < 4.78 is 1.35. The minimum absolute atomic E-state index is 0.723. The molecule has 0 radical (unpaired) electrons. The van der Waals surface area contributed by atoms with E-state index >= 15 is 0 Å². The number of halogens is 1. The van der Waals surface area contributed by atoms with E-state index in [1.54, 1.807) is 0 Å². The van der Waals surface area contributed by atoms with E-state index in [0.717, 1.165) is 5.41 Å². The first-order chi connectivity index (χ1) is 3.77. The highest BCUT2D eigenvalue weighted by molar-refractivity contribution is 14.1. The van der Waals surface area contributed by atoms with Crippen molar-refractivity contribution in [1.82, 2.24) is 0 Å². The molecule has 0 aromatic heterocycles. The van der Waals surface area contributed by atoms with Crippen molar-refractivity contribution in [3.8, 4) is 0 Å². The number of hydrogen-bond acceptors (Lipinski definition) is 0. The van der Waals surface area contributed by atoms with Crippen LogP contribution in [0.3, 0.4) is 0 Å². The van der Waals surface area contributed by atoms with Gasteiger partial charge in [-0.1, -0.05) is 42.4 Å². The first-order valence-corrected chi connectivity index (χ1v) is 4.85. The van der Waals surface area contributed by atoms with Gasteiger partial charge in [-0.3, -0.25) is 0 Å². The van der Waals surface area contributed by atoms with Crippen LogP contribution in [0.2, 0.25) is 0 Å². The van der Waals surface area contributed by atoms with E-state index in [9.17, 15) is 0 Å². The zero-order valence-corrected chi connectivity index (χ0v) is 7.57. The van der Waals surface area contributed by atoms with Gasteiger partial charge in [0, 0.05) is 4.43 Å². The molecule has 0 unspecified atom stereocenters. The Morgan fingerprint density at radius 2 is 1.88 bits per heavy atom. The Balaban J connectivity index is 2.40. The molecular formula is C7H13I. The number of rotatable bonds is 1. The summed E-state index contributed by atoms with van der Waals surface area (Å²) in [4.78, 5) is 0. The normalized spacial score (nSPS) is 26.2. The van der Waals surface area contributed by atoms with Crippen LogP contribution in [0.4, 0.5) is 0 Å². The van der Waals surface area contributed by atoms with Crippen LogP contribution in [0.1, 0.15) is 32.6 Å². The topological polar surface area (TPSA) is 0 Å². The SMILES string of the molecule is CC1(CI)CCCC1. The Morgan fingerprint density at radius 3 is 2.12 bits per heavy atom. The molecule has 1 aliphatic carbocycles. The first-order valence-electron chi connectivity index (χ1n) is 3.33. The van der Waals surface area contributed by atoms with Crippen LogP contribution in [0.25, 0.3) is 0 Å². The van der Waals surface area contributed by atoms with E-state index in [1.807, 2.05) is 0 Å². The van der Waals surface area contributed by atoms with Gasteiger partial charge < -0.3 is 0 Å². The van der Waals surface area contributed by atoms with Crippen molar-refractivity contribution in [1.29, 1.82) is 0 Å². The third-order valence-corrected chi connectivity index (χ3v) is 3.97. The highest BCUT2D eigenvalue weighted by Gasteiger charge is 2.26. The van der Waals surface area contributed by atoms with E-state index in [0.29, 0.717) is 0 Å². The molecule has 0 N–H and O–H groups in total. The lowest BCUT2D eigenvalue weighted by atomic mass is 9.92. The van der Waals surface area contributed by atoms with Gasteiger partial charge in [0.15, 0.2) is 0 Å². The molecule has 0 aromatic rings. The molecule has 1 heteroatoms. The maximum Gasteiger partial charge on any atom is 0.00493 e. The Bertz CT molecular complexity index is 72.5. The average Bonchev–Trinajstić information content (AvgIpc) is 2.17. The van der Waals surface area contributed by atoms with Crippen LogP contribution >= 0.6 is 22.6 Å². The standard InChI is InChI=1S/C7H13I/c1-7(6-8)4-2-3-5-7/h2-6H2,1H3. The maximum atomic E-state index is 2.51. The van der Waals surface area contributed by atoms with Gasteiger partial charge >= 0.3 is 0 Å². The molecule has 1 aliphatic rings. The number of alkyl halides is 1. The molecule has 8 heavy (non-hydrogen) atoms. The van der Waals surface area contributed by atoms with Crippen molar-refractivity contribution in [2.24, 2.45) is 5.41 Å². The van der Waals surface area contributed by atoms with Crippen molar-refractivity contribution >= 4 is 22.6 Å². The number of hydrogen-bond donors (Lipinski definition) is 0. The summed E-state index contributed by atoms with van der Waals surface area (Å²) in [5.41, 5.74) is 0.723. The van der Waals surface area contributed by atoms with Crippen molar-refractivity contribution in [2.75, 3.05) is 4.43 Å². The summed E-state index contributed by atoms with van der Waals surface area (Å²) >= 11 is 2.51. The Morgan fingerprint density at radius 1 is 1.38 bits per heavy atom. The van der Waals surface area contributed by atoms with Crippen LogP contribution in [-0.2, 0) is 0 Å². The van der Waals surface area contributed by atoms with Crippen molar-refractivity contribution in [3.63, 3.8) is 0 Å². The van der Waals surface area contributed by atoms with E-state index in [1.165, 1.54) is 30.1 Å². The second-order valence-corrected chi connectivity index (χ2v) is 3.91. The smallest absolute Gasteiger partial charge is 0.00493 e. The third-order valence-electron chi connectivity index (χ3n) is 2.13. The van der Waals surface area contributed by atoms with Gasteiger partial charge in [0.05, 0.1) is 0 Å². The second kappa shape index (κ2) is 2.54. The minimum Gasteiger partial charge on any atom is -0.0858 e. The summed E-state index contributed by atoms with van der Waals surface area (Å²) in [6.45, 7) is 2.41. The van der Waals surface area contributed by atoms with Gasteiger partial charge in [-0.25, -0.2) is 0 Å². The summed E-state index contributed by atoms with van der Waals surface area (Å²) in [7, 11) is 0. The fourth-order valence-corrected chi connectivity index (χ4v) is 2.12. The predicted octanol–water partition coefficient (Wildman–Crippen LogP) is 3.00.